The van der Waals surface area contributed by atoms with Crippen LogP contribution in [0.2, 0.25) is 10.0 Å². The third-order valence-corrected chi connectivity index (χ3v) is 8.18. The average molecular weight is 509 g/mol. The summed E-state index contributed by atoms with van der Waals surface area (Å²) >= 11 is 17.4. The lowest BCUT2D eigenvalue weighted by molar-refractivity contribution is -0.116. The summed E-state index contributed by atoms with van der Waals surface area (Å²) in [6, 6.07) is 9.45. The molecule has 2 N–H and O–H groups in total. The van der Waals surface area contributed by atoms with Crippen LogP contribution in [0.4, 0.5) is 5.69 Å². The van der Waals surface area contributed by atoms with Gasteiger partial charge in [0.25, 0.3) is 0 Å². The minimum atomic E-state index is -0.447. The molecule has 1 aromatic heterocycles. The number of anilines is 1. The predicted molar refractivity (Wildman–Crippen MR) is 121 cm³/mol. The highest BCUT2D eigenvalue weighted by atomic mass is 79.9. The van der Waals surface area contributed by atoms with Crippen molar-refractivity contribution in [3.8, 4) is 6.07 Å². The van der Waals surface area contributed by atoms with Gasteiger partial charge in [-0.2, -0.15) is 5.26 Å². The molecule has 4 nitrogen and oxygen atoms in total. The van der Waals surface area contributed by atoms with Crippen molar-refractivity contribution < 1.29 is 4.79 Å². The largest absolute Gasteiger partial charge is 0.384 e. The van der Waals surface area contributed by atoms with Crippen LogP contribution in [-0.2, 0) is 4.79 Å². The van der Waals surface area contributed by atoms with E-state index in [-0.39, 0.29) is 5.78 Å². The van der Waals surface area contributed by atoms with Crippen molar-refractivity contribution in [3.63, 3.8) is 0 Å². The van der Waals surface area contributed by atoms with E-state index in [9.17, 15) is 10.1 Å². The van der Waals surface area contributed by atoms with Gasteiger partial charge in [0.05, 0.1) is 27.6 Å². The number of halogens is 3. The number of allylic oxidation sites excluding steroid dienone is 3. The molecule has 0 saturated heterocycles. The zero-order chi connectivity index (χ0) is 20.9. The average Bonchev–Trinajstić information content (AvgIpc) is 3.02. The van der Waals surface area contributed by atoms with Crippen LogP contribution in [0.15, 0.2) is 51.4 Å². The minimum Gasteiger partial charge on any atom is -0.384 e. The zero-order valence-corrected chi connectivity index (χ0v) is 19.3. The van der Waals surface area contributed by atoms with Gasteiger partial charge in [-0.3, -0.25) is 9.69 Å². The summed E-state index contributed by atoms with van der Waals surface area (Å²) in [5.74, 6) is -0.0629. The normalized spacial score (nSPS) is 19.5. The SMILES string of the molecule is Cc1sc(C2C(C#N)=C(N)N(c3ccc(Cl)c(Cl)c3)C3=C2C(=O)CCC3)cc1Br. The van der Waals surface area contributed by atoms with Crippen molar-refractivity contribution in [2.75, 3.05) is 4.90 Å². The van der Waals surface area contributed by atoms with Crippen LogP contribution in [0, 0.1) is 18.3 Å². The lowest BCUT2D eigenvalue weighted by Gasteiger charge is -2.39. The molecular weight excluding hydrogens is 493 g/mol. The number of ketones is 1. The Kier molecular flexibility index (Phi) is 5.52. The number of thiophene rings is 1. The van der Waals surface area contributed by atoms with Crippen molar-refractivity contribution in [2.45, 2.75) is 32.1 Å². The van der Waals surface area contributed by atoms with E-state index in [1.165, 1.54) is 0 Å². The summed E-state index contributed by atoms with van der Waals surface area (Å²) in [5.41, 5.74) is 9.09. The van der Waals surface area contributed by atoms with Gasteiger partial charge in [0.2, 0.25) is 0 Å². The lowest BCUT2D eigenvalue weighted by atomic mass is 9.78. The van der Waals surface area contributed by atoms with Crippen molar-refractivity contribution in [1.82, 2.24) is 0 Å². The molecular formula is C21H16BrCl2N3OS. The number of nitrogens with two attached hydrogens (primary N) is 1. The van der Waals surface area contributed by atoms with Gasteiger partial charge in [0.15, 0.2) is 5.78 Å². The highest BCUT2D eigenvalue weighted by molar-refractivity contribution is 9.10. The minimum absolute atomic E-state index is 0.0590. The van der Waals surface area contributed by atoms with E-state index in [2.05, 4.69) is 22.0 Å². The van der Waals surface area contributed by atoms with Crippen LogP contribution in [0.3, 0.4) is 0 Å². The molecule has 0 fully saturated rings. The number of Topliss-reactive ketones (excluding diaryl/α,β-unsaturated/α-hetero) is 1. The first-order chi connectivity index (χ1) is 13.8. The standard InChI is InChI=1S/C21H16BrCl2N3OS/c1-10-13(22)8-18(29-10)19-12(9-25)21(26)27(11-5-6-14(23)15(24)7-11)16-3-2-4-17(28)20(16)19/h5-8,19H,2-4,26H2,1H3. The Morgan fingerprint density at radius 2 is 2.03 bits per heavy atom. The van der Waals surface area contributed by atoms with Crippen LogP contribution >= 0.6 is 50.5 Å². The van der Waals surface area contributed by atoms with Gasteiger partial charge in [-0.1, -0.05) is 23.2 Å². The number of aryl methyl sites for hydroxylation is 1. The second-order valence-corrected chi connectivity index (χ2v) is 9.92. The molecule has 0 spiro atoms. The Balaban J connectivity index is 1.97. The van der Waals surface area contributed by atoms with Gasteiger partial charge in [-0.05, 0) is 60.0 Å². The first-order valence-electron chi connectivity index (χ1n) is 9.00. The van der Waals surface area contributed by atoms with E-state index in [4.69, 9.17) is 28.9 Å². The number of carbonyl (C=O) groups excluding carboxylic acids is 1. The van der Waals surface area contributed by atoms with E-state index in [0.717, 1.165) is 26.3 Å². The highest BCUT2D eigenvalue weighted by Gasteiger charge is 2.41. The number of carbonyl (C=O) groups is 1. The Labute approximate surface area is 191 Å². The summed E-state index contributed by atoms with van der Waals surface area (Å²) in [7, 11) is 0. The molecule has 1 aliphatic carbocycles. The summed E-state index contributed by atoms with van der Waals surface area (Å²) < 4.78 is 0.964. The number of nitriles is 1. The maximum atomic E-state index is 13.1. The third-order valence-electron chi connectivity index (χ3n) is 5.24. The molecule has 0 bridgehead atoms. The fourth-order valence-corrected chi connectivity index (χ4v) is 5.89. The van der Waals surface area contributed by atoms with Crippen LogP contribution in [0.25, 0.3) is 0 Å². The molecule has 0 saturated carbocycles. The van der Waals surface area contributed by atoms with Gasteiger partial charge in [-0.25, -0.2) is 0 Å². The molecule has 0 amide bonds. The first kappa shape index (κ1) is 20.5. The fourth-order valence-electron chi connectivity index (χ4n) is 3.91. The number of hydrogen-bond donors (Lipinski definition) is 1. The molecule has 2 aromatic rings. The number of hydrogen-bond acceptors (Lipinski definition) is 5. The van der Waals surface area contributed by atoms with E-state index in [0.29, 0.717) is 45.5 Å². The highest BCUT2D eigenvalue weighted by Crippen LogP contribution is 2.49. The van der Waals surface area contributed by atoms with Crippen molar-refractivity contribution in [2.24, 2.45) is 5.73 Å². The number of nitrogens with zero attached hydrogens (tertiary/aromatic N) is 2. The molecule has 1 atom stereocenters. The monoisotopic (exact) mass is 507 g/mol. The molecule has 1 aliphatic heterocycles. The Bertz CT molecular complexity index is 1130. The van der Waals surface area contributed by atoms with Crippen molar-refractivity contribution >= 4 is 61.9 Å². The van der Waals surface area contributed by atoms with E-state index in [1.807, 2.05) is 13.0 Å². The topological polar surface area (TPSA) is 70.1 Å². The van der Waals surface area contributed by atoms with E-state index in [1.54, 1.807) is 34.4 Å². The van der Waals surface area contributed by atoms with Gasteiger partial charge < -0.3 is 5.73 Å². The Hall–Kier alpha value is -1.78. The molecule has 8 heteroatoms. The number of benzene rings is 1. The quantitative estimate of drug-likeness (QED) is 0.507. The van der Waals surface area contributed by atoms with Crippen LogP contribution in [0.1, 0.15) is 34.9 Å². The Morgan fingerprint density at radius 1 is 1.28 bits per heavy atom. The first-order valence-corrected chi connectivity index (χ1v) is 11.4. The maximum absolute atomic E-state index is 13.1. The smallest absolute Gasteiger partial charge is 0.161 e. The second kappa shape index (κ2) is 7.81. The van der Waals surface area contributed by atoms with Crippen molar-refractivity contribution in [1.29, 1.82) is 5.26 Å². The van der Waals surface area contributed by atoms with Gasteiger partial charge >= 0.3 is 0 Å². The molecule has 1 unspecified atom stereocenters. The lowest BCUT2D eigenvalue weighted by Crippen LogP contribution is -2.38. The number of rotatable bonds is 2. The van der Waals surface area contributed by atoms with Crippen LogP contribution < -0.4 is 10.6 Å². The zero-order valence-electron chi connectivity index (χ0n) is 15.4. The predicted octanol–water partition coefficient (Wildman–Crippen LogP) is 6.43. The fraction of sp³-hybridized carbons (Fsp3) is 0.238. The molecule has 2 aliphatic rings. The van der Waals surface area contributed by atoms with Crippen LogP contribution in [0.5, 0.6) is 0 Å². The molecule has 29 heavy (non-hydrogen) atoms. The van der Waals surface area contributed by atoms with Crippen molar-refractivity contribution in [3.05, 3.63) is 71.2 Å². The third kappa shape index (κ3) is 3.40. The summed E-state index contributed by atoms with van der Waals surface area (Å²) in [4.78, 5) is 16.9. The molecule has 2 heterocycles. The summed E-state index contributed by atoms with van der Waals surface area (Å²) in [5, 5.41) is 10.8. The Morgan fingerprint density at radius 3 is 2.66 bits per heavy atom. The second-order valence-electron chi connectivity index (χ2n) is 6.97. The molecule has 1 aromatic carbocycles. The maximum Gasteiger partial charge on any atom is 0.161 e. The van der Waals surface area contributed by atoms with E-state index < -0.39 is 5.92 Å². The molecule has 4 rings (SSSR count). The summed E-state index contributed by atoms with van der Waals surface area (Å²) in [6.45, 7) is 2.00. The molecule has 0 radical (unpaired) electrons. The molecule has 148 valence electrons. The van der Waals surface area contributed by atoms with Gasteiger partial charge in [-0.15, -0.1) is 11.3 Å². The summed E-state index contributed by atoms with van der Waals surface area (Å²) in [6.07, 6.45) is 1.90. The van der Waals surface area contributed by atoms with Gasteiger partial charge in [0.1, 0.15) is 5.82 Å². The van der Waals surface area contributed by atoms with E-state index >= 15 is 0 Å². The van der Waals surface area contributed by atoms with Crippen LogP contribution in [-0.4, -0.2) is 5.78 Å². The van der Waals surface area contributed by atoms with Gasteiger partial charge in [0, 0.05) is 37.6 Å².